The van der Waals surface area contributed by atoms with Gasteiger partial charge in [-0.3, -0.25) is 10.1 Å². The van der Waals surface area contributed by atoms with Crippen LogP contribution in [0.3, 0.4) is 0 Å². The van der Waals surface area contributed by atoms with Crippen LogP contribution in [0, 0.1) is 17.0 Å². The number of anilines is 1. The van der Waals surface area contributed by atoms with Crippen LogP contribution in [0.25, 0.3) is 0 Å². The average molecular weight is 332 g/mol. The number of ether oxygens (including phenoxy) is 2. The third kappa shape index (κ3) is 3.94. The van der Waals surface area contributed by atoms with Gasteiger partial charge in [-0.05, 0) is 30.2 Å². The summed E-state index contributed by atoms with van der Waals surface area (Å²) in [4.78, 5) is 10.7. The Morgan fingerprint density at radius 2 is 1.83 bits per heavy atom. The monoisotopic (exact) mass is 332 g/mol. The maximum atomic E-state index is 11.1. The van der Waals surface area contributed by atoms with Crippen molar-refractivity contribution in [1.82, 2.24) is 0 Å². The molecule has 0 aliphatic rings. The molecular formula is C17H20N2O5. The van der Waals surface area contributed by atoms with Gasteiger partial charge in [0.1, 0.15) is 17.2 Å². The van der Waals surface area contributed by atoms with E-state index >= 15 is 0 Å². The lowest BCUT2D eigenvalue weighted by Gasteiger charge is -2.16. The molecule has 0 fully saturated rings. The van der Waals surface area contributed by atoms with Crippen molar-refractivity contribution in [3.05, 3.63) is 57.6 Å². The van der Waals surface area contributed by atoms with E-state index in [4.69, 9.17) is 9.47 Å². The molecule has 2 aromatic rings. The molecule has 7 heteroatoms. The fourth-order valence-electron chi connectivity index (χ4n) is 2.37. The van der Waals surface area contributed by atoms with Crippen LogP contribution < -0.4 is 14.8 Å². The molecule has 24 heavy (non-hydrogen) atoms. The topological polar surface area (TPSA) is 93.9 Å². The summed E-state index contributed by atoms with van der Waals surface area (Å²) in [5, 5.41) is 24.5. The highest BCUT2D eigenvalue weighted by atomic mass is 16.6. The Hall–Kier alpha value is -2.80. The third-order valence-corrected chi connectivity index (χ3v) is 3.68. The summed E-state index contributed by atoms with van der Waals surface area (Å²) < 4.78 is 10.4. The molecule has 0 aromatic heterocycles. The van der Waals surface area contributed by atoms with Gasteiger partial charge in [0.05, 0.1) is 25.2 Å². The van der Waals surface area contributed by atoms with Crippen molar-refractivity contribution >= 4 is 11.4 Å². The molecule has 1 unspecified atom stereocenters. The molecule has 0 radical (unpaired) electrons. The summed E-state index contributed by atoms with van der Waals surface area (Å²) >= 11 is 0. The number of rotatable bonds is 7. The van der Waals surface area contributed by atoms with Gasteiger partial charge in [0, 0.05) is 18.7 Å². The molecule has 1 atom stereocenters. The van der Waals surface area contributed by atoms with Crippen molar-refractivity contribution in [3.8, 4) is 11.5 Å². The van der Waals surface area contributed by atoms with Gasteiger partial charge >= 0.3 is 0 Å². The second-order valence-electron chi connectivity index (χ2n) is 5.27. The molecule has 0 spiro atoms. The summed E-state index contributed by atoms with van der Waals surface area (Å²) in [5.74, 6) is 1.12. The molecule has 128 valence electrons. The van der Waals surface area contributed by atoms with E-state index in [2.05, 4.69) is 5.32 Å². The molecule has 0 saturated carbocycles. The Kier molecular flexibility index (Phi) is 5.59. The lowest BCUT2D eigenvalue weighted by Crippen LogP contribution is -2.14. The van der Waals surface area contributed by atoms with Crippen LogP contribution in [0.15, 0.2) is 36.4 Å². The van der Waals surface area contributed by atoms with Crippen LogP contribution in [0.1, 0.15) is 17.2 Å². The number of nitrogens with one attached hydrogen (secondary N) is 1. The number of hydrogen-bond acceptors (Lipinski definition) is 6. The summed E-state index contributed by atoms with van der Waals surface area (Å²) in [6.07, 6.45) is -0.881. The normalized spacial score (nSPS) is 11.7. The van der Waals surface area contributed by atoms with Gasteiger partial charge in [-0.25, -0.2) is 0 Å². The second kappa shape index (κ2) is 7.65. The van der Waals surface area contributed by atoms with Crippen LogP contribution >= 0.6 is 0 Å². The number of aryl methyl sites for hydroxylation is 1. The minimum atomic E-state index is -0.881. The van der Waals surface area contributed by atoms with Crippen LogP contribution in [-0.4, -0.2) is 30.8 Å². The molecule has 0 saturated heterocycles. The Morgan fingerprint density at radius 1 is 1.21 bits per heavy atom. The zero-order valence-electron chi connectivity index (χ0n) is 13.8. The number of aliphatic hydroxyl groups is 1. The quantitative estimate of drug-likeness (QED) is 0.598. The van der Waals surface area contributed by atoms with E-state index in [0.29, 0.717) is 22.7 Å². The SMILES string of the molecule is COc1cc(OC)cc(C(O)CNc2c(C)cccc2[N+](=O)[O-])c1. The summed E-state index contributed by atoms with van der Waals surface area (Å²) in [5.41, 5.74) is 1.70. The van der Waals surface area contributed by atoms with Crippen molar-refractivity contribution in [2.45, 2.75) is 13.0 Å². The van der Waals surface area contributed by atoms with Crippen molar-refractivity contribution in [1.29, 1.82) is 0 Å². The van der Waals surface area contributed by atoms with Gasteiger partial charge in [-0.15, -0.1) is 0 Å². The van der Waals surface area contributed by atoms with Gasteiger partial charge in [-0.2, -0.15) is 0 Å². The lowest BCUT2D eigenvalue weighted by atomic mass is 10.1. The van der Waals surface area contributed by atoms with Crippen LogP contribution in [-0.2, 0) is 0 Å². The van der Waals surface area contributed by atoms with Crippen molar-refractivity contribution in [2.24, 2.45) is 0 Å². The van der Waals surface area contributed by atoms with Gasteiger partial charge in [0.15, 0.2) is 0 Å². The third-order valence-electron chi connectivity index (χ3n) is 3.68. The zero-order valence-corrected chi connectivity index (χ0v) is 13.8. The summed E-state index contributed by atoms with van der Waals surface area (Å²) in [6.45, 7) is 1.89. The van der Waals surface area contributed by atoms with Gasteiger partial charge in [-0.1, -0.05) is 12.1 Å². The first kappa shape index (κ1) is 17.6. The maximum absolute atomic E-state index is 11.1. The minimum Gasteiger partial charge on any atom is -0.497 e. The number of methoxy groups -OCH3 is 2. The maximum Gasteiger partial charge on any atom is 0.292 e. The highest BCUT2D eigenvalue weighted by Gasteiger charge is 2.17. The van der Waals surface area contributed by atoms with Gasteiger partial charge in [0.2, 0.25) is 0 Å². The standard InChI is InChI=1S/C17H20N2O5/c1-11-5-4-6-15(19(21)22)17(11)18-10-16(20)12-7-13(23-2)9-14(8-12)24-3/h4-9,16,18,20H,10H2,1-3H3. The largest absolute Gasteiger partial charge is 0.497 e. The van der Waals surface area contributed by atoms with Crippen LogP contribution in [0.2, 0.25) is 0 Å². The van der Waals surface area contributed by atoms with E-state index in [0.717, 1.165) is 5.56 Å². The highest BCUT2D eigenvalue weighted by Crippen LogP contribution is 2.30. The van der Waals surface area contributed by atoms with E-state index in [-0.39, 0.29) is 12.2 Å². The number of aliphatic hydroxyl groups excluding tert-OH is 1. The van der Waals surface area contributed by atoms with Gasteiger partial charge in [0.25, 0.3) is 5.69 Å². The molecule has 0 amide bonds. The number of para-hydroxylation sites is 1. The molecule has 2 N–H and O–H groups in total. The number of hydrogen-bond donors (Lipinski definition) is 2. The van der Waals surface area contributed by atoms with Crippen molar-refractivity contribution < 1.29 is 19.5 Å². The van der Waals surface area contributed by atoms with Gasteiger partial charge < -0.3 is 19.9 Å². The number of nitrogens with zero attached hydrogens (tertiary/aromatic N) is 1. The Balaban J connectivity index is 2.20. The van der Waals surface area contributed by atoms with E-state index in [9.17, 15) is 15.2 Å². The minimum absolute atomic E-state index is 0.0228. The van der Waals surface area contributed by atoms with E-state index in [1.807, 2.05) is 0 Å². The summed E-state index contributed by atoms with van der Waals surface area (Å²) in [7, 11) is 3.06. The smallest absolute Gasteiger partial charge is 0.292 e. The molecule has 2 rings (SSSR count). The first-order valence-electron chi connectivity index (χ1n) is 7.35. The van der Waals surface area contributed by atoms with Crippen LogP contribution in [0.4, 0.5) is 11.4 Å². The first-order chi connectivity index (χ1) is 11.5. The Labute approximate surface area is 140 Å². The molecule has 2 aromatic carbocycles. The number of nitro groups is 1. The molecule has 0 aliphatic heterocycles. The van der Waals surface area contributed by atoms with E-state index in [1.165, 1.54) is 20.3 Å². The van der Waals surface area contributed by atoms with E-state index < -0.39 is 11.0 Å². The van der Waals surface area contributed by atoms with Crippen LogP contribution in [0.5, 0.6) is 11.5 Å². The van der Waals surface area contributed by atoms with Crippen molar-refractivity contribution in [2.75, 3.05) is 26.1 Å². The Morgan fingerprint density at radius 3 is 2.38 bits per heavy atom. The molecule has 7 nitrogen and oxygen atoms in total. The number of nitro benzene ring substituents is 1. The first-order valence-corrected chi connectivity index (χ1v) is 7.35. The predicted octanol–water partition coefficient (Wildman–Crippen LogP) is 3.07. The number of benzene rings is 2. The lowest BCUT2D eigenvalue weighted by molar-refractivity contribution is -0.384. The Bertz CT molecular complexity index is 711. The fourth-order valence-corrected chi connectivity index (χ4v) is 2.37. The van der Waals surface area contributed by atoms with Crippen molar-refractivity contribution in [3.63, 3.8) is 0 Å². The molecule has 0 heterocycles. The highest BCUT2D eigenvalue weighted by molar-refractivity contribution is 5.66. The molecule has 0 aliphatic carbocycles. The predicted molar refractivity (Wildman–Crippen MR) is 90.8 cm³/mol. The fraction of sp³-hybridized carbons (Fsp3) is 0.294. The average Bonchev–Trinajstić information content (AvgIpc) is 2.59. The molecular weight excluding hydrogens is 312 g/mol. The second-order valence-corrected chi connectivity index (χ2v) is 5.27. The summed E-state index contributed by atoms with van der Waals surface area (Å²) in [6, 6.07) is 9.92. The zero-order chi connectivity index (χ0) is 17.7. The van der Waals surface area contributed by atoms with E-state index in [1.54, 1.807) is 37.3 Å². The molecule has 0 bridgehead atoms.